The molecule has 7 heteroatoms. The maximum absolute atomic E-state index is 12.5. The van der Waals surface area contributed by atoms with Crippen molar-refractivity contribution in [3.05, 3.63) is 82.9 Å². The molecule has 1 aliphatic carbocycles. The molecule has 4 aromatic rings. The number of rotatable bonds is 6. The third kappa shape index (κ3) is 4.91. The molecule has 0 saturated heterocycles. The summed E-state index contributed by atoms with van der Waals surface area (Å²) in [6.45, 7) is 2.29. The first-order valence-electron chi connectivity index (χ1n) is 12.5. The van der Waals surface area contributed by atoms with E-state index in [1.54, 1.807) is 24.6 Å². The number of benzene rings is 2. The van der Waals surface area contributed by atoms with Crippen LogP contribution in [0.4, 0.5) is 0 Å². The lowest BCUT2D eigenvalue weighted by atomic mass is 9.92. The molecule has 0 radical (unpaired) electrons. The smallest absolute Gasteiger partial charge is 0.254 e. The SMILES string of the molecule is CC(=O)N(C)C1CCC(Oc2cc(=O)n(C)cc2-c2ccc3cnn(Cc4ccccc4)c3c2)CC1. The van der Waals surface area contributed by atoms with Crippen molar-refractivity contribution in [3.63, 3.8) is 0 Å². The number of carbonyl (C=O) groups excluding carboxylic acids is 1. The van der Waals surface area contributed by atoms with Gasteiger partial charge in [0.2, 0.25) is 5.91 Å². The number of hydrogen-bond acceptors (Lipinski definition) is 4. The molecule has 2 aromatic carbocycles. The fraction of sp³-hybridized carbons (Fsp3) is 0.345. The molecule has 2 heterocycles. The number of pyridine rings is 1. The highest BCUT2D eigenvalue weighted by atomic mass is 16.5. The van der Waals surface area contributed by atoms with E-state index >= 15 is 0 Å². The first-order valence-corrected chi connectivity index (χ1v) is 12.5. The quantitative estimate of drug-likeness (QED) is 0.401. The van der Waals surface area contributed by atoms with Crippen LogP contribution < -0.4 is 10.3 Å². The normalized spacial score (nSPS) is 17.8. The Labute approximate surface area is 210 Å². The van der Waals surface area contributed by atoms with E-state index in [9.17, 15) is 9.59 Å². The molecule has 0 aliphatic heterocycles. The van der Waals surface area contributed by atoms with Crippen molar-refractivity contribution in [3.8, 4) is 16.9 Å². The summed E-state index contributed by atoms with van der Waals surface area (Å²) in [5, 5.41) is 5.67. The highest BCUT2D eigenvalue weighted by molar-refractivity contribution is 5.85. The van der Waals surface area contributed by atoms with Gasteiger partial charge in [-0.25, -0.2) is 0 Å². The Kier molecular flexibility index (Phi) is 6.63. The average molecular weight is 485 g/mol. The van der Waals surface area contributed by atoms with E-state index in [-0.39, 0.29) is 23.6 Å². The minimum absolute atomic E-state index is 0.0137. The van der Waals surface area contributed by atoms with Gasteiger partial charge in [-0.3, -0.25) is 14.3 Å². The monoisotopic (exact) mass is 484 g/mol. The van der Waals surface area contributed by atoms with Crippen molar-refractivity contribution in [2.75, 3.05) is 7.05 Å². The van der Waals surface area contributed by atoms with Gasteiger partial charge in [0.05, 0.1) is 24.4 Å². The first-order chi connectivity index (χ1) is 17.4. The highest BCUT2D eigenvalue weighted by Crippen LogP contribution is 2.34. The Morgan fingerprint density at radius 3 is 2.56 bits per heavy atom. The number of ether oxygens (including phenoxy) is 1. The van der Waals surface area contributed by atoms with E-state index in [0.717, 1.165) is 47.7 Å². The number of nitrogens with zero attached hydrogens (tertiary/aromatic N) is 4. The predicted octanol–water partition coefficient (Wildman–Crippen LogP) is 4.62. The lowest BCUT2D eigenvalue weighted by Crippen LogP contribution is -2.40. The van der Waals surface area contributed by atoms with Crippen LogP contribution in [0.3, 0.4) is 0 Å². The summed E-state index contributed by atoms with van der Waals surface area (Å²) in [6, 6.07) is 18.4. The highest BCUT2D eigenvalue weighted by Gasteiger charge is 2.27. The molecule has 0 spiro atoms. The van der Waals surface area contributed by atoms with Gasteiger partial charge in [0.25, 0.3) is 5.56 Å². The Hall–Kier alpha value is -3.87. The Morgan fingerprint density at radius 1 is 1.08 bits per heavy atom. The van der Waals surface area contributed by atoms with Crippen LogP contribution >= 0.6 is 0 Å². The fourth-order valence-electron chi connectivity index (χ4n) is 5.03. The lowest BCUT2D eigenvalue weighted by molar-refractivity contribution is -0.130. The molecule has 36 heavy (non-hydrogen) atoms. The zero-order valence-electron chi connectivity index (χ0n) is 21.1. The Bertz CT molecular complexity index is 1430. The zero-order valence-corrected chi connectivity index (χ0v) is 21.1. The lowest BCUT2D eigenvalue weighted by Gasteiger charge is -2.34. The van der Waals surface area contributed by atoms with Gasteiger partial charge < -0.3 is 14.2 Å². The van der Waals surface area contributed by atoms with Crippen LogP contribution in [0.2, 0.25) is 0 Å². The molecular formula is C29H32N4O3. The van der Waals surface area contributed by atoms with Crippen LogP contribution in [-0.2, 0) is 18.4 Å². The summed E-state index contributed by atoms with van der Waals surface area (Å²) in [7, 11) is 3.63. The van der Waals surface area contributed by atoms with Crippen LogP contribution in [-0.4, -0.2) is 44.3 Å². The third-order valence-corrected chi connectivity index (χ3v) is 7.30. The number of hydrogen-bond donors (Lipinski definition) is 0. The van der Waals surface area contributed by atoms with Crippen LogP contribution in [0.5, 0.6) is 5.75 Å². The summed E-state index contributed by atoms with van der Waals surface area (Å²) in [4.78, 5) is 26.1. The van der Waals surface area contributed by atoms with Crippen molar-refractivity contribution in [1.82, 2.24) is 19.2 Å². The summed E-state index contributed by atoms with van der Waals surface area (Å²) in [6.07, 6.45) is 7.24. The molecule has 1 saturated carbocycles. The molecular weight excluding hydrogens is 452 g/mol. The van der Waals surface area contributed by atoms with Crippen molar-refractivity contribution in [2.24, 2.45) is 7.05 Å². The van der Waals surface area contributed by atoms with Gasteiger partial charge in [-0.1, -0.05) is 42.5 Å². The van der Waals surface area contributed by atoms with Crippen molar-refractivity contribution < 1.29 is 9.53 Å². The molecule has 2 aromatic heterocycles. The molecule has 1 fully saturated rings. The number of aryl methyl sites for hydroxylation is 1. The molecule has 0 unspecified atom stereocenters. The van der Waals surface area contributed by atoms with E-state index in [4.69, 9.17) is 4.74 Å². The van der Waals surface area contributed by atoms with E-state index in [1.165, 1.54) is 5.56 Å². The summed E-state index contributed by atoms with van der Waals surface area (Å²) in [5.41, 5.74) is 3.98. The van der Waals surface area contributed by atoms with E-state index < -0.39 is 0 Å². The van der Waals surface area contributed by atoms with E-state index in [1.807, 2.05) is 47.2 Å². The maximum Gasteiger partial charge on any atom is 0.254 e. The fourth-order valence-corrected chi connectivity index (χ4v) is 5.03. The molecule has 1 aliphatic rings. The predicted molar refractivity (Wildman–Crippen MR) is 141 cm³/mol. The molecule has 0 bridgehead atoms. The summed E-state index contributed by atoms with van der Waals surface area (Å²) < 4.78 is 10.0. The van der Waals surface area contributed by atoms with Gasteiger partial charge >= 0.3 is 0 Å². The van der Waals surface area contributed by atoms with Gasteiger partial charge in [0.15, 0.2) is 0 Å². The van der Waals surface area contributed by atoms with Gasteiger partial charge in [0, 0.05) is 50.3 Å². The standard InChI is InChI=1S/C29H32N4O3/c1-20(34)32(3)24-11-13-25(14-12-24)36-28-16-29(35)31(2)19-26(28)22-9-10-23-17-30-33(27(23)15-22)18-21-7-5-4-6-8-21/h4-10,15-17,19,24-25H,11-14,18H2,1-3H3. The van der Waals surface area contributed by atoms with E-state index in [0.29, 0.717) is 12.3 Å². The minimum atomic E-state index is -0.103. The number of fused-ring (bicyclic) bond motifs is 1. The summed E-state index contributed by atoms with van der Waals surface area (Å²) >= 11 is 0. The van der Waals surface area contributed by atoms with Gasteiger partial charge in [0.1, 0.15) is 5.75 Å². The van der Waals surface area contributed by atoms with Gasteiger partial charge in [-0.2, -0.15) is 5.10 Å². The summed E-state index contributed by atoms with van der Waals surface area (Å²) in [5.74, 6) is 0.699. The van der Waals surface area contributed by atoms with Crippen molar-refractivity contribution >= 4 is 16.8 Å². The molecule has 1 amide bonds. The first kappa shape index (κ1) is 23.9. The molecule has 0 atom stereocenters. The Morgan fingerprint density at radius 2 is 1.83 bits per heavy atom. The van der Waals surface area contributed by atoms with Crippen LogP contribution in [0, 0.1) is 0 Å². The molecule has 7 nitrogen and oxygen atoms in total. The van der Waals surface area contributed by atoms with Gasteiger partial charge in [-0.15, -0.1) is 0 Å². The van der Waals surface area contributed by atoms with Crippen molar-refractivity contribution in [2.45, 2.75) is 51.3 Å². The third-order valence-electron chi connectivity index (χ3n) is 7.30. The molecule has 186 valence electrons. The molecule has 5 rings (SSSR count). The largest absolute Gasteiger partial charge is 0.490 e. The topological polar surface area (TPSA) is 69.4 Å². The van der Waals surface area contributed by atoms with Crippen molar-refractivity contribution in [1.29, 1.82) is 0 Å². The van der Waals surface area contributed by atoms with Crippen LogP contribution in [0.25, 0.3) is 22.0 Å². The van der Waals surface area contributed by atoms with Crippen LogP contribution in [0.15, 0.2) is 71.8 Å². The Balaban J connectivity index is 1.43. The maximum atomic E-state index is 12.5. The number of aromatic nitrogens is 3. The number of carbonyl (C=O) groups is 1. The second-order valence-electron chi connectivity index (χ2n) is 9.74. The zero-order chi connectivity index (χ0) is 25.2. The van der Waals surface area contributed by atoms with E-state index in [2.05, 4.69) is 35.4 Å². The molecule has 0 N–H and O–H groups in total. The van der Waals surface area contributed by atoms with Gasteiger partial charge in [-0.05, 0) is 42.9 Å². The number of amides is 1. The average Bonchev–Trinajstić information content (AvgIpc) is 3.28. The minimum Gasteiger partial charge on any atom is -0.490 e. The second-order valence-corrected chi connectivity index (χ2v) is 9.74. The second kappa shape index (κ2) is 10.0. The van der Waals surface area contributed by atoms with Crippen LogP contribution in [0.1, 0.15) is 38.2 Å².